The van der Waals surface area contributed by atoms with E-state index in [1.54, 1.807) is 0 Å². The van der Waals surface area contributed by atoms with E-state index in [0.29, 0.717) is 6.61 Å². The molecule has 0 heterocycles. The summed E-state index contributed by atoms with van der Waals surface area (Å²) in [6.45, 7) is 6.41. The smallest absolute Gasteiger partial charge is 0.417 e. The molecule has 0 aliphatic heterocycles. The molecule has 5 heteroatoms. The number of nitriles is 1. The first-order chi connectivity index (χ1) is 8.63. The van der Waals surface area contributed by atoms with Crippen LogP contribution in [0.4, 0.5) is 13.2 Å². The number of benzene rings is 1. The predicted molar refractivity (Wildman–Crippen MR) is 65.7 cm³/mol. The molecule has 0 fully saturated rings. The van der Waals surface area contributed by atoms with Crippen molar-refractivity contribution in [2.24, 2.45) is 5.41 Å². The molecule has 104 valence electrons. The number of ether oxygens (including phenoxy) is 1. The highest BCUT2D eigenvalue weighted by molar-refractivity contribution is 5.44. The molecule has 2 nitrogen and oxygen atoms in total. The van der Waals surface area contributed by atoms with Crippen LogP contribution in [0.5, 0.6) is 5.75 Å². The SMILES string of the molecule is CC(C)(C)CCOc1ccc(C#N)c(C(F)(F)F)c1. The molecule has 0 aromatic heterocycles. The average Bonchev–Trinajstić information content (AvgIpc) is 2.26. The Balaban J connectivity index is 2.86. The van der Waals surface area contributed by atoms with Crippen molar-refractivity contribution in [2.75, 3.05) is 6.61 Å². The van der Waals surface area contributed by atoms with Gasteiger partial charge in [0.1, 0.15) is 5.75 Å². The molecule has 0 unspecified atom stereocenters. The zero-order chi connectivity index (χ0) is 14.7. The topological polar surface area (TPSA) is 33.0 Å². The van der Waals surface area contributed by atoms with E-state index in [-0.39, 0.29) is 11.2 Å². The molecule has 0 atom stereocenters. The summed E-state index contributed by atoms with van der Waals surface area (Å²) < 4.78 is 43.5. The minimum Gasteiger partial charge on any atom is -0.494 e. The molecule has 19 heavy (non-hydrogen) atoms. The van der Waals surface area contributed by atoms with Gasteiger partial charge in [-0.1, -0.05) is 20.8 Å². The highest BCUT2D eigenvalue weighted by atomic mass is 19.4. The van der Waals surface area contributed by atoms with Crippen LogP contribution < -0.4 is 4.74 Å². The third kappa shape index (κ3) is 4.82. The van der Waals surface area contributed by atoms with Crippen molar-refractivity contribution < 1.29 is 17.9 Å². The number of hydrogen-bond acceptors (Lipinski definition) is 2. The Labute approximate surface area is 110 Å². The Bertz CT molecular complexity index is 481. The normalized spacial score (nSPS) is 12.1. The van der Waals surface area contributed by atoms with E-state index >= 15 is 0 Å². The molecule has 0 saturated heterocycles. The molecule has 0 N–H and O–H groups in total. The summed E-state index contributed by atoms with van der Waals surface area (Å²) in [6, 6.07) is 4.93. The van der Waals surface area contributed by atoms with Gasteiger partial charge < -0.3 is 4.74 Å². The fraction of sp³-hybridized carbons (Fsp3) is 0.500. The van der Waals surface area contributed by atoms with Crippen LogP contribution in [0.3, 0.4) is 0 Å². The van der Waals surface area contributed by atoms with E-state index in [0.717, 1.165) is 18.6 Å². The van der Waals surface area contributed by atoms with Crippen LogP contribution in [0.25, 0.3) is 0 Å². The lowest BCUT2D eigenvalue weighted by Crippen LogP contribution is -2.12. The van der Waals surface area contributed by atoms with Crippen LogP contribution in [0.15, 0.2) is 18.2 Å². The van der Waals surface area contributed by atoms with Gasteiger partial charge in [0.25, 0.3) is 0 Å². The van der Waals surface area contributed by atoms with Crippen molar-refractivity contribution >= 4 is 0 Å². The largest absolute Gasteiger partial charge is 0.494 e. The lowest BCUT2D eigenvalue weighted by Gasteiger charge is -2.18. The summed E-state index contributed by atoms with van der Waals surface area (Å²) in [5.41, 5.74) is -1.29. The monoisotopic (exact) mass is 271 g/mol. The Morgan fingerprint density at radius 3 is 2.32 bits per heavy atom. The standard InChI is InChI=1S/C14H16F3NO/c1-13(2,3)6-7-19-11-5-4-10(9-18)12(8-11)14(15,16)17/h4-5,8H,6-7H2,1-3H3. The van der Waals surface area contributed by atoms with Gasteiger partial charge in [-0.2, -0.15) is 18.4 Å². The van der Waals surface area contributed by atoms with Crippen LogP contribution in [-0.2, 0) is 6.18 Å². The van der Waals surface area contributed by atoms with Gasteiger partial charge in [0, 0.05) is 0 Å². The number of rotatable bonds is 3. The third-order valence-corrected chi connectivity index (χ3v) is 2.54. The first-order valence-electron chi connectivity index (χ1n) is 5.87. The Hall–Kier alpha value is -1.70. The van der Waals surface area contributed by atoms with E-state index in [4.69, 9.17) is 10.00 Å². The fourth-order valence-electron chi connectivity index (χ4n) is 1.42. The average molecular weight is 271 g/mol. The van der Waals surface area contributed by atoms with Crippen molar-refractivity contribution in [1.29, 1.82) is 5.26 Å². The molecule has 0 bridgehead atoms. The molecular formula is C14H16F3NO. The maximum atomic E-state index is 12.7. The molecule has 1 aromatic carbocycles. The number of hydrogen-bond donors (Lipinski definition) is 0. The van der Waals surface area contributed by atoms with Crippen LogP contribution in [-0.4, -0.2) is 6.61 Å². The van der Waals surface area contributed by atoms with E-state index in [2.05, 4.69) is 0 Å². The fourth-order valence-corrected chi connectivity index (χ4v) is 1.42. The highest BCUT2D eigenvalue weighted by Crippen LogP contribution is 2.34. The number of alkyl halides is 3. The Morgan fingerprint density at radius 1 is 1.21 bits per heavy atom. The van der Waals surface area contributed by atoms with Gasteiger partial charge in [0.05, 0.1) is 23.8 Å². The lowest BCUT2D eigenvalue weighted by atomic mass is 9.93. The molecule has 0 aliphatic rings. The van der Waals surface area contributed by atoms with Crippen molar-refractivity contribution in [1.82, 2.24) is 0 Å². The van der Waals surface area contributed by atoms with Crippen molar-refractivity contribution in [3.05, 3.63) is 29.3 Å². The second kappa shape index (κ2) is 5.52. The minimum absolute atomic E-state index is 0.0550. The van der Waals surface area contributed by atoms with E-state index in [1.807, 2.05) is 20.8 Å². The molecule has 0 aliphatic carbocycles. The summed E-state index contributed by atoms with van der Waals surface area (Å²) >= 11 is 0. The van der Waals surface area contributed by atoms with Gasteiger partial charge >= 0.3 is 6.18 Å². The van der Waals surface area contributed by atoms with Crippen LogP contribution in [0, 0.1) is 16.7 Å². The van der Waals surface area contributed by atoms with E-state index < -0.39 is 17.3 Å². The first-order valence-corrected chi connectivity index (χ1v) is 5.87. The van der Waals surface area contributed by atoms with Gasteiger partial charge in [-0.15, -0.1) is 0 Å². The molecule has 0 radical (unpaired) electrons. The van der Waals surface area contributed by atoms with Crippen molar-refractivity contribution in [3.8, 4) is 11.8 Å². The minimum atomic E-state index is -4.55. The molecule has 0 saturated carbocycles. The molecule has 0 spiro atoms. The molecule has 0 amide bonds. The van der Waals surface area contributed by atoms with Crippen molar-refractivity contribution in [3.63, 3.8) is 0 Å². The van der Waals surface area contributed by atoms with Gasteiger partial charge in [0.2, 0.25) is 0 Å². The summed E-state index contributed by atoms with van der Waals surface area (Å²) in [6.07, 6.45) is -3.82. The zero-order valence-electron chi connectivity index (χ0n) is 11.1. The number of nitrogens with zero attached hydrogens (tertiary/aromatic N) is 1. The van der Waals surface area contributed by atoms with Crippen LogP contribution in [0.2, 0.25) is 0 Å². The highest BCUT2D eigenvalue weighted by Gasteiger charge is 2.34. The lowest BCUT2D eigenvalue weighted by molar-refractivity contribution is -0.137. The third-order valence-electron chi connectivity index (χ3n) is 2.54. The Morgan fingerprint density at radius 2 is 1.84 bits per heavy atom. The zero-order valence-corrected chi connectivity index (χ0v) is 11.1. The van der Waals surface area contributed by atoms with Crippen LogP contribution in [0.1, 0.15) is 38.3 Å². The number of halogens is 3. The predicted octanol–water partition coefficient (Wildman–Crippen LogP) is 4.39. The summed E-state index contributed by atoms with van der Waals surface area (Å²) in [5.74, 6) is 0.135. The second-order valence-electron chi connectivity index (χ2n) is 5.48. The quantitative estimate of drug-likeness (QED) is 0.816. The summed E-state index contributed by atoms with van der Waals surface area (Å²) in [5, 5.41) is 8.66. The maximum Gasteiger partial charge on any atom is 0.417 e. The van der Waals surface area contributed by atoms with Gasteiger partial charge in [-0.05, 0) is 30.0 Å². The van der Waals surface area contributed by atoms with E-state index in [9.17, 15) is 13.2 Å². The molecule has 1 rings (SSSR count). The summed E-state index contributed by atoms with van der Waals surface area (Å²) in [7, 11) is 0. The van der Waals surface area contributed by atoms with E-state index in [1.165, 1.54) is 12.1 Å². The molecule has 1 aromatic rings. The van der Waals surface area contributed by atoms with Crippen LogP contribution >= 0.6 is 0 Å². The van der Waals surface area contributed by atoms with Crippen molar-refractivity contribution in [2.45, 2.75) is 33.4 Å². The summed E-state index contributed by atoms with van der Waals surface area (Å²) in [4.78, 5) is 0. The van der Waals surface area contributed by atoms with Gasteiger partial charge in [-0.3, -0.25) is 0 Å². The first kappa shape index (κ1) is 15.4. The van der Waals surface area contributed by atoms with Gasteiger partial charge in [0.15, 0.2) is 0 Å². The second-order valence-corrected chi connectivity index (χ2v) is 5.48. The van der Waals surface area contributed by atoms with Gasteiger partial charge in [-0.25, -0.2) is 0 Å². The molecular weight excluding hydrogens is 255 g/mol. The maximum absolute atomic E-state index is 12.7. The Kier molecular flexibility index (Phi) is 4.46.